The molecule has 8 nitrogen and oxygen atoms in total. The van der Waals surface area contributed by atoms with Crippen LogP contribution < -0.4 is 24.4 Å². The van der Waals surface area contributed by atoms with Gasteiger partial charge in [0.05, 0.1) is 31.0 Å². The number of fused-ring (bicyclic) bond motifs is 1. The summed E-state index contributed by atoms with van der Waals surface area (Å²) in [5, 5.41) is 13.7. The van der Waals surface area contributed by atoms with Crippen LogP contribution >= 0.6 is 12.2 Å². The van der Waals surface area contributed by atoms with Crippen molar-refractivity contribution in [3.05, 3.63) is 53.2 Å². The first kappa shape index (κ1) is 21.8. The Balaban J connectivity index is 1.79. The van der Waals surface area contributed by atoms with Gasteiger partial charge in [0.25, 0.3) is 0 Å². The molecule has 0 spiro atoms. The van der Waals surface area contributed by atoms with E-state index < -0.39 is 12.0 Å². The zero-order chi connectivity index (χ0) is 22.8. The molecule has 168 valence electrons. The van der Waals surface area contributed by atoms with Gasteiger partial charge in [0.1, 0.15) is 13.2 Å². The molecule has 2 aromatic carbocycles. The molecule has 2 aromatic rings. The summed E-state index contributed by atoms with van der Waals surface area (Å²) < 4.78 is 21.9. The number of esters is 1. The van der Waals surface area contributed by atoms with Crippen molar-refractivity contribution in [2.75, 3.05) is 31.8 Å². The Morgan fingerprint density at radius 3 is 2.69 bits per heavy atom. The second-order valence-corrected chi connectivity index (χ2v) is 7.58. The summed E-state index contributed by atoms with van der Waals surface area (Å²) >= 11 is 5.68. The topological polar surface area (TPSA) is 89.5 Å². The number of allylic oxidation sites excluding steroid dienone is 1. The average Bonchev–Trinajstić information content (AvgIpc) is 2.79. The van der Waals surface area contributed by atoms with E-state index in [0.29, 0.717) is 59.0 Å². The van der Waals surface area contributed by atoms with Crippen molar-refractivity contribution in [1.29, 1.82) is 0 Å². The molecule has 2 heterocycles. The largest absolute Gasteiger partial charge is 0.504 e. The van der Waals surface area contributed by atoms with E-state index in [9.17, 15) is 9.90 Å². The molecule has 0 aromatic heterocycles. The SMILES string of the molecule is CCOc1cc([C@H]2NC(=S)N(c3ccc4c(c3)OCCO4)C(C)=C2C(=O)OC)ccc1O. The van der Waals surface area contributed by atoms with Gasteiger partial charge in [-0.2, -0.15) is 0 Å². The number of phenols is 1. The van der Waals surface area contributed by atoms with Crippen LogP contribution in [0.5, 0.6) is 23.0 Å². The van der Waals surface area contributed by atoms with Crippen LogP contribution in [0.3, 0.4) is 0 Å². The van der Waals surface area contributed by atoms with Crippen molar-refractivity contribution < 1.29 is 28.8 Å². The molecule has 0 fully saturated rings. The first-order chi connectivity index (χ1) is 15.4. The lowest BCUT2D eigenvalue weighted by atomic mass is 9.94. The van der Waals surface area contributed by atoms with Crippen LogP contribution in [0, 0.1) is 0 Å². The third-order valence-electron chi connectivity index (χ3n) is 5.29. The third-order valence-corrected chi connectivity index (χ3v) is 5.59. The summed E-state index contributed by atoms with van der Waals surface area (Å²) in [4.78, 5) is 14.6. The number of benzene rings is 2. The number of hydrogen-bond donors (Lipinski definition) is 2. The standard InChI is InChI=1S/C23H24N2O6S/c1-4-29-18-11-14(5-7-16(18)26)21-20(22(27)28-3)13(2)25(23(32)24-21)15-6-8-17-19(12-15)31-10-9-30-17/h5-8,11-12,21,26H,4,9-10H2,1-3H3,(H,24,32)/t21-/m1/s1. The van der Waals surface area contributed by atoms with Gasteiger partial charge in [-0.25, -0.2) is 4.79 Å². The summed E-state index contributed by atoms with van der Waals surface area (Å²) in [6.07, 6.45) is 0. The monoisotopic (exact) mass is 456 g/mol. The Bertz CT molecular complexity index is 1100. The maximum atomic E-state index is 12.8. The molecule has 9 heteroatoms. The molecule has 2 aliphatic rings. The lowest BCUT2D eigenvalue weighted by molar-refractivity contribution is -0.136. The Kier molecular flexibility index (Phi) is 6.09. The van der Waals surface area contributed by atoms with Crippen molar-refractivity contribution in [1.82, 2.24) is 5.32 Å². The van der Waals surface area contributed by atoms with E-state index in [4.69, 9.17) is 31.2 Å². The maximum absolute atomic E-state index is 12.8. The van der Waals surface area contributed by atoms with E-state index in [-0.39, 0.29) is 5.75 Å². The zero-order valence-electron chi connectivity index (χ0n) is 18.0. The number of ether oxygens (including phenoxy) is 4. The number of hydrogen-bond acceptors (Lipinski definition) is 7. The summed E-state index contributed by atoms with van der Waals surface area (Å²) in [6, 6.07) is 9.86. The van der Waals surface area contributed by atoms with Gasteiger partial charge in [0, 0.05) is 11.8 Å². The predicted octanol–water partition coefficient (Wildman–Crippen LogP) is 3.44. The summed E-state index contributed by atoms with van der Waals surface area (Å²) in [5.74, 6) is 1.14. The molecule has 4 rings (SSSR count). The van der Waals surface area contributed by atoms with Gasteiger partial charge in [-0.05, 0) is 55.9 Å². The minimum Gasteiger partial charge on any atom is -0.504 e. The number of rotatable bonds is 5. The molecule has 0 amide bonds. The highest BCUT2D eigenvalue weighted by molar-refractivity contribution is 7.80. The molecule has 32 heavy (non-hydrogen) atoms. The first-order valence-corrected chi connectivity index (χ1v) is 10.6. The van der Waals surface area contributed by atoms with E-state index in [2.05, 4.69) is 5.32 Å². The number of carbonyl (C=O) groups is 1. The average molecular weight is 457 g/mol. The smallest absolute Gasteiger partial charge is 0.337 e. The number of nitrogens with one attached hydrogen (secondary N) is 1. The molecule has 0 bridgehead atoms. The van der Waals surface area contributed by atoms with Crippen LogP contribution in [0.2, 0.25) is 0 Å². The fourth-order valence-corrected chi connectivity index (χ4v) is 4.19. The summed E-state index contributed by atoms with van der Waals surface area (Å²) in [7, 11) is 1.34. The molecular weight excluding hydrogens is 432 g/mol. The molecule has 2 aliphatic heterocycles. The lowest BCUT2D eigenvalue weighted by Crippen LogP contribution is -2.48. The molecule has 0 aliphatic carbocycles. The Labute approximate surface area is 191 Å². The molecule has 0 radical (unpaired) electrons. The number of methoxy groups -OCH3 is 1. The highest BCUT2D eigenvalue weighted by Gasteiger charge is 2.36. The van der Waals surface area contributed by atoms with Crippen LogP contribution in [-0.2, 0) is 9.53 Å². The fraction of sp³-hybridized carbons (Fsp3) is 0.304. The zero-order valence-corrected chi connectivity index (χ0v) is 18.8. The number of aromatic hydroxyl groups is 1. The molecule has 0 saturated carbocycles. The number of thiocarbonyl (C=S) groups is 1. The van der Waals surface area contributed by atoms with Crippen LogP contribution in [0.25, 0.3) is 0 Å². The van der Waals surface area contributed by atoms with Gasteiger partial charge in [-0.3, -0.25) is 4.90 Å². The quantitative estimate of drug-likeness (QED) is 0.519. The van der Waals surface area contributed by atoms with E-state index >= 15 is 0 Å². The second-order valence-electron chi connectivity index (χ2n) is 7.20. The van der Waals surface area contributed by atoms with Gasteiger partial charge >= 0.3 is 5.97 Å². The number of nitrogens with zero attached hydrogens (tertiary/aromatic N) is 1. The van der Waals surface area contributed by atoms with Crippen molar-refractivity contribution in [2.45, 2.75) is 19.9 Å². The van der Waals surface area contributed by atoms with Crippen molar-refractivity contribution in [3.8, 4) is 23.0 Å². The Hall–Kier alpha value is -3.46. The van der Waals surface area contributed by atoms with Crippen molar-refractivity contribution in [2.24, 2.45) is 0 Å². The van der Waals surface area contributed by atoms with Gasteiger partial charge in [0.2, 0.25) is 0 Å². The van der Waals surface area contributed by atoms with Crippen LogP contribution in [0.4, 0.5) is 5.69 Å². The first-order valence-electron chi connectivity index (χ1n) is 10.2. The van der Waals surface area contributed by atoms with E-state index in [0.717, 1.165) is 5.69 Å². The van der Waals surface area contributed by atoms with Gasteiger partial charge < -0.3 is 29.4 Å². The Morgan fingerprint density at radius 1 is 1.22 bits per heavy atom. The minimum absolute atomic E-state index is 0.0206. The van der Waals surface area contributed by atoms with E-state index in [1.165, 1.54) is 13.2 Å². The third kappa shape index (κ3) is 3.91. The lowest BCUT2D eigenvalue weighted by Gasteiger charge is -2.37. The predicted molar refractivity (Wildman–Crippen MR) is 122 cm³/mol. The Morgan fingerprint density at radius 2 is 1.97 bits per heavy atom. The molecular formula is C23H24N2O6S. The van der Waals surface area contributed by atoms with Gasteiger partial charge in [0.15, 0.2) is 28.1 Å². The van der Waals surface area contributed by atoms with Crippen LogP contribution in [0.1, 0.15) is 25.5 Å². The normalized spacial score (nSPS) is 17.7. The van der Waals surface area contributed by atoms with E-state index in [1.807, 2.05) is 32.0 Å². The maximum Gasteiger partial charge on any atom is 0.337 e. The number of phenolic OH excluding ortho intramolecular Hbond substituents is 1. The summed E-state index contributed by atoms with van der Waals surface area (Å²) in [5.41, 5.74) is 2.44. The van der Waals surface area contributed by atoms with Crippen LogP contribution in [-0.4, -0.2) is 43.1 Å². The van der Waals surface area contributed by atoms with Crippen molar-refractivity contribution in [3.63, 3.8) is 0 Å². The van der Waals surface area contributed by atoms with Gasteiger partial charge in [-0.15, -0.1) is 0 Å². The highest BCUT2D eigenvalue weighted by Crippen LogP contribution is 2.40. The molecule has 2 N–H and O–H groups in total. The summed E-state index contributed by atoms with van der Waals surface area (Å²) in [6.45, 7) is 5.00. The van der Waals surface area contributed by atoms with Crippen LogP contribution in [0.15, 0.2) is 47.7 Å². The fourth-order valence-electron chi connectivity index (χ4n) is 3.83. The number of anilines is 1. The molecule has 0 unspecified atom stereocenters. The van der Waals surface area contributed by atoms with Gasteiger partial charge in [-0.1, -0.05) is 6.07 Å². The van der Waals surface area contributed by atoms with E-state index in [1.54, 1.807) is 17.0 Å². The molecule has 1 atom stereocenters. The van der Waals surface area contributed by atoms with Crippen molar-refractivity contribution >= 4 is 29.0 Å². The second kappa shape index (κ2) is 8.96. The number of carbonyl (C=O) groups excluding carboxylic acids is 1. The molecule has 0 saturated heterocycles. The minimum atomic E-state index is -0.580. The highest BCUT2D eigenvalue weighted by atomic mass is 32.1.